The SMILES string of the molecule is CN1CC(C(=O)NCC2(c3cccc(C(F)(F)F)c3)CCCC2)CC1=O. The second-order valence-corrected chi connectivity index (χ2v) is 7.46. The molecule has 26 heavy (non-hydrogen) atoms. The summed E-state index contributed by atoms with van der Waals surface area (Å²) >= 11 is 0. The van der Waals surface area contributed by atoms with Crippen LogP contribution in [0.15, 0.2) is 24.3 Å². The van der Waals surface area contributed by atoms with Crippen LogP contribution in [-0.2, 0) is 21.2 Å². The van der Waals surface area contributed by atoms with E-state index in [1.54, 1.807) is 13.1 Å². The summed E-state index contributed by atoms with van der Waals surface area (Å²) in [6.07, 6.45) is -0.837. The predicted molar refractivity (Wildman–Crippen MR) is 90.3 cm³/mol. The summed E-state index contributed by atoms with van der Waals surface area (Å²) < 4.78 is 39.2. The molecule has 0 spiro atoms. The fourth-order valence-corrected chi connectivity index (χ4v) is 4.08. The maximum atomic E-state index is 13.1. The van der Waals surface area contributed by atoms with Gasteiger partial charge < -0.3 is 10.2 Å². The Bertz CT molecular complexity index is 696. The summed E-state index contributed by atoms with van der Waals surface area (Å²) in [4.78, 5) is 25.6. The molecule has 1 saturated heterocycles. The number of carbonyl (C=O) groups excluding carboxylic acids is 2. The van der Waals surface area contributed by atoms with Crippen LogP contribution in [-0.4, -0.2) is 36.9 Å². The highest BCUT2D eigenvalue weighted by Gasteiger charge is 2.39. The van der Waals surface area contributed by atoms with E-state index in [-0.39, 0.29) is 24.2 Å². The molecule has 2 fully saturated rings. The smallest absolute Gasteiger partial charge is 0.355 e. The van der Waals surface area contributed by atoms with E-state index in [2.05, 4.69) is 5.32 Å². The zero-order valence-corrected chi connectivity index (χ0v) is 14.7. The van der Waals surface area contributed by atoms with Crippen LogP contribution in [0.1, 0.15) is 43.2 Å². The average Bonchev–Trinajstić information content (AvgIpc) is 3.20. The van der Waals surface area contributed by atoms with Gasteiger partial charge in [-0.1, -0.05) is 31.0 Å². The first-order valence-electron chi connectivity index (χ1n) is 8.91. The van der Waals surface area contributed by atoms with Crippen molar-refractivity contribution in [2.75, 3.05) is 20.1 Å². The number of likely N-dealkylation sites (tertiary alicyclic amines) is 1. The van der Waals surface area contributed by atoms with Crippen molar-refractivity contribution in [3.8, 4) is 0 Å². The molecular weight excluding hydrogens is 345 g/mol. The molecule has 0 aromatic heterocycles. The maximum Gasteiger partial charge on any atom is 0.416 e. The van der Waals surface area contributed by atoms with Gasteiger partial charge in [0.25, 0.3) is 0 Å². The molecule has 1 heterocycles. The fraction of sp³-hybridized carbons (Fsp3) is 0.579. The van der Waals surface area contributed by atoms with Crippen molar-refractivity contribution >= 4 is 11.8 Å². The zero-order valence-electron chi connectivity index (χ0n) is 14.7. The maximum absolute atomic E-state index is 13.1. The van der Waals surface area contributed by atoms with E-state index in [9.17, 15) is 22.8 Å². The van der Waals surface area contributed by atoms with Gasteiger partial charge in [0.1, 0.15) is 0 Å². The number of nitrogens with one attached hydrogen (secondary N) is 1. The molecule has 1 unspecified atom stereocenters. The molecule has 1 aliphatic carbocycles. The van der Waals surface area contributed by atoms with Crippen molar-refractivity contribution in [3.63, 3.8) is 0 Å². The number of rotatable bonds is 4. The number of alkyl halides is 3. The van der Waals surface area contributed by atoms with Gasteiger partial charge in [-0.2, -0.15) is 13.2 Å². The van der Waals surface area contributed by atoms with Crippen LogP contribution < -0.4 is 5.32 Å². The third-order valence-electron chi connectivity index (χ3n) is 5.68. The first-order valence-corrected chi connectivity index (χ1v) is 8.91. The largest absolute Gasteiger partial charge is 0.416 e. The Morgan fingerprint density at radius 3 is 2.58 bits per heavy atom. The lowest BCUT2D eigenvalue weighted by molar-refractivity contribution is -0.137. The highest BCUT2D eigenvalue weighted by molar-refractivity contribution is 5.89. The lowest BCUT2D eigenvalue weighted by Crippen LogP contribution is -2.42. The Labute approximate surface area is 150 Å². The third-order valence-corrected chi connectivity index (χ3v) is 5.68. The summed E-state index contributed by atoms with van der Waals surface area (Å²) in [5, 5.41) is 2.91. The topological polar surface area (TPSA) is 49.4 Å². The monoisotopic (exact) mass is 368 g/mol. The van der Waals surface area contributed by atoms with Crippen LogP contribution in [0.25, 0.3) is 0 Å². The minimum absolute atomic E-state index is 0.0568. The van der Waals surface area contributed by atoms with Crippen molar-refractivity contribution in [2.24, 2.45) is 5.92 Å². The van der Waals surface area contributed by atoms with E-state index in [1.807, 2.05) is 0 Å². The van der Waals surface area contributed by atoms with Gasteiger partial charge in [0.15, 0.2) is 0 Å². The molecule has 1 N–H and O–H groups in total. The number of benzene rings is 1. The standard InChI is InChI=1S/C19H23F3N2O2/c1-24-11-13(9-16(24)25)17(26)23-12-18(7-2-3-8-18)14-5-4-6-15(10-14)19(20,21)22/h4-6,10,13H,2-3,7-9,11-12H2,1H3,(H,23,26). The van der Waals surface area contributed by atoms with Crippen LogP contribution >= 0.6 is 0 Å². The Kier molecular flexibility index (Phi) is 4.99. The van der Waals surface area contributed by atoms with Gasteiger partial charge in [-0.15, -0.1) is 0 Å². The summed E-state index contributed by atoms with van der Waals surface area (Å²) in [7, 11) is 1.66. The normalized spacial score (nSPS) is 22.7. The van der Waals surface area contributed by atoms with Gasteiger partial charge in [-0.05, 0) is 24.5 Å². The Morgan fingerprint density at radius 1 is 1.31 bits per heavy atom. The first kappa shape index (κ1) is 18.7. The molecule has 0 radical (unpaired) electrons. The van der Waals surface area contributed by atoms with Gasteiger partial charge in [0, 0.05) is 32.0 Å². The van der Waals surface area contributed by atoms with Crippen molar-refractivity contribution in [3.05, 3.63) is 35.4 Å². The lowest BCUT2D eigenvalue weighted by atomic mass is 9.78. The number of carbonyl (C=O) groups is 2. The number of hydrogen-bond donors (Lipinski definition) is 1. The van der Waals surface area contributed by atoms with E-state index in [0.29, 0.717) is 18.7 Å². The molecule has 0 bridgehead atoms. The van der Waals surface area contributed by atoms with Crippen molar-refractivity contribution in [2.45, 2.75) is 43.7 Å². The highest BCUT2D eigenvalue weighted by atomic mass is 19.4. The molecule has 1 atom stereocenters. The molecule has 1 saturated carbocycles. The van der Waals surface area contributed by atoms with Gasteiger partial charge in [-0.25, -0.2) is 0 Å². The van der Waals surface area contributed by atoms with Crippen molar-refractivity contribution in [1.29, 1.82) is 0 Å². The average molecular weight is 368 g/mol. The van der Waals surface area contributed by atoms with E-state index in [0.717, 1.165) is 31.7 Å². The van der Waals surface area contributed by atoms with E-state index in [1.165, 1.54) is 17.0 Å². The van der Waals surface area contributed by atoms with E-state index >= 15 is 0 Å². The second-order valence-electron chi connectivity index (χ2n) is 7.46. The van der Waals surface area contributed by atoms with Gasteiger partial charge >= 0.3 is 6.18 Å². The quantitative estimate of drug-likeness (QED) is 0.888. The van der Waals surface area contributed by atoms with Crippen LogP contribution in [0.5, 0.6) is 0 Å². The first-order chi connectivity index (χ1) is 12.2. The predicted octanol–water partition coefficient (Wildman–Crippen LogP) is 3.11. The molecule has 142 valence electrons. The van der Waals surface area contributed by atoms with Gasteiger partial charge in [-0.3, -0.25) is 9.59 Å². The number of amides is 2. The van der Waals surface area contributed by atoms with Crippen molar-refractivity contribution in [1.82, 2.24) is 10.2 Å². The summed E-state index contributed by atoms with van der Waals surface area (Å²) in [5.74, 6) is -0.632. The molecule has 7 heteroatoms. The van der Waals surface area contributed by atoms with Crippen LogP contribution in [0.4, 0.5) is 13.2 Å². The molecule has 2 amide bonds. The molecular formula is C19H23F3N2O2. The van der Waals surface area contributed by atoms with Gasteiger partial charge in [0.05, 0.1) is 11.5 Å². The van der Waals surface area contributed by atoms with Gasteiger partial charge in [0.2, 0.25) is 11.8 Å². The number of hydrogen-bond acceptors (Lipinski definition) is 2. The Hall–Kier alpha value is -2.05. The third kappa shape index (κ3) is 3.71. The van der Waals surface area contributed by atoms with Crippen LogP contribution in [0, 0.1) is 5.92 Å². The minimum atomic E-state index is -4.38. The second kappa shape index (κ2) is 6.93. The summed E-state index contributed by atoms with van der Waals surface area (Å²) in [6, 6.07) is 5.44. The minimum Gasteiger partial charge on any atom is -0.355 e. The van der Waals surface area contributed by atoms with E-state index < -0.39 is 17.2 Å². The fourth-order valence-electron chi connectivity index (χ4n) is 4.08. The Morgan fingerprint density at radius 2 is 2.00 bits per heavy atom. The molecule has 2 aliphatic rings. The molecule has 1 aromatic rings. The molecule has 1 aliphatic heterocycles. The summed E-state index contributed by atoms with van der Waals surface area (Å²) in [5.41, 5.74) is -0.494. The summed E-state index contributed by atoms with van der Waals surface area (Å²) in [6.45, 7) is 0.697. The Balaban J connectivity index is 1.75. The molecule has 3 rings (SSSR count). The zero-order chi connectivity index (χ0) is 18.9. The van der Waals surface area contributed by atoms with Crippen molar-refractivity contribution < 1.29 is 22.8 Å². The van der Waals surface area contributed by atoms with E-state index in [4.69, 9.17) is 0 Å². The number of nitrogens with zero attached hydrogens (tertiary/aromatic N) is 1. The highest BCUT2D eigenvalue weighted by Crippen LogP contribution is 2.42. The van der Waals surface area contributed by atoms with Crippen LogP contribution in [0.2, 0.25) is 0 Å². The number of halogens is 3. The molecule has 1 aromatic carbocycles. The molecule has 4 nitrogen and oxygen atoms in total. The lowest BCUT2D eigenvalue weighted by Gasteiger charge is -2.31. The van der Waals surface area contributed by atoms with Crippen LogP contribution in [0.3, 0.4) is 0 Å².